The van der Waals surface area contributed by atoms with E-state index in [4.69, 9.17) is 0 Å². The van der Waals surface area contributed by atoms with Crippen LogP contribution in [0.2, 0.25) is 0 Å². The molecule has 0 N–H and O–H groups in total. The Morgan fingerprint density at radius 1 is 1.35 bits per heavy atom. The molecule has 0 aromatic carbocycles. The van der Waals surface area contributed by atoms with Crippen LogP contribution in [0.5, 0.6) is 0 Å². The highest BCUT2D eigenvalue weighted by Gasteiger charge is 2.22. The molecule has 4 nitrogen and oxygen atoms in total. The maximum Gasteiger partial charge on any atom is 0.247 e. The highest BCUT2D eigenvalue weighted by molar-refractivity contribution is 14.1. The van der Waals surface area contributed by atoms with Crippen LogP contribution >= 0.6 is 22.6 Å². The first kappa shape index (κ1) is 12.9. The van der Waals surface area contributed by atoms with E-state index in [-0.39, 0.29) is 11.9 Å². The Hall–Kier alpha value is -0.590. The van der Waals surface area contributed by atoms with Crippen LogP contribution in [-0.4, -0.2) is 33.7 Å². The van der Waals surface area contributed by atoms with Crippen LogP contribution in [0.1, 0.15) is 38.6 Å². The molecule has 1 aliphatic rings. The van der Waals surface area contributed by atoms with E-state index in [0.29, 0.717) is 0 Å². The van der Waals surface area contributed by atoms with E-state index >= 15 is 0 Å². The third kappa shape index (κ3) is 3.20. The highest BCUT2D eigenvalue weighted by Crippen LogP contribution is 2.16. The van der Waals surface area contributed by atoms with E-state index in [0.717, 1.165) is 29.5 Å². The molecule has 0 unspecified atom stereocenters. The van der Waals surface area contributed by atoms with Crippen molar-refractivity contribution < 1.29 is 4.79 Å². The van der Waals surface area contributed by atoms with Gasteiger partial charge in [-0.25, -0.2) is 0 Å². The highest BCUT2D eigenvalue weighted by atomic mass is 127. The molecule has 1 aromatic rings. The first-order valence-electron chi connectivity index (χ1n) is 6.17. The van der Waals surface area contributed by atoms with E-state index in [1.165, 1.54) is 12.8 Å². The quantitative estimate of drug-likeness (QED) is 0.771. The molecule has 1 fully saturated rings. The van der Waals surface area contributed by atoms with E-state index in [1.807, 2.05) is 18.0 Å². The van der Waals surface area contributed by atoms with E-state index in [2.05, 4.69) is 27.7 Å². The number of likely N-dealkylation sites (tertiary alicyclic amines) is 1. The van der Waals surface area contributed by atoms with Crippen molar-refractivity contribution >= 4 is 28.5 Å². The zero-order valence-electron chi connectivity index (χ0n) is 10.1. The van der Waals surface area contributed by atoms with Crippen LogP contribution < -0.4 is 0 Å². The number of carbonyl (C=O) groups excluding carboxylic acids is 1. The van der Waals surface area contributed by atoms with Crippen molar-refractivity contribution in [3.8, 4) is 0 Å². The Labute approximate surface area is 116 Å². The van der Waals surface area contributed by atoms with Crippen LogP contribution in [0.3, 0.4) is 0 Å². The van der Waals surface area contributed by atoms with Crippen LogP contribution in [-0.2, 0) is 4.79 Å². The van der Waals surface area contributed by atoms with Gasteiger partial charge in [-0.15, -0.1) is 0 Å². The molecule has 0 saturated carbocycles. The molecule has 1 saturated heterocycles. The lowest BCUT2D eigenvalue weighted by molar-refractivity contribution is -0.134. The van der Waals surface area contributed by atoms with Crippen LogP contribution in [0, 0.1) is 3.57 Å². The number of halogens is 1. The van der Waals surface area contributed by atoms with Gasteiger partial charge in [0.2, 0.25) is 5.91 Å². The van der Waals surface area contributed by atoms with Crippen LogP contribution in [0.15, 0.2) is 12.4 Å². The summed E-state index contributed by atoms with van der Waals surface area (Å²) in [6, 6.07) is -0.184. The molecule has 0 aliphatic carbocycles. The first-order valence-corrected chi connectivity index (χ1v) is 7.25. The SMILES string of the molecule is C[C@H](C(=O)N1CCCCCC1)n1cc(I)cn1. The topological polar surface area (TPSA) is 38.1 Å². The summed E-state index contributed by atoms with van der Waals surface area (Å²) < 4.78 is 2.83. The second kappa shape index (κ2) is 5.84. The fraction of sp³-hybridized carbons (Fsp3) is 0.667. The Morgan fingerprint density at radius 3 is 2.53 bits per heavy atom. The van der Waals surface area contributed by atoms with Gasteiger partial charge in [-0.05, 0) is 42.4 Å². The number of carbonyl (C=O) groups is 1. The van der Waals surface area contributed by atoms with Crippen molar-refractivity contribution in [2.75, 3.05) is 13.1 Å². The van der Waals surface area contributed by atoms with Crippen molar-refractivity contribution in [2.24, 2.45) is 0 Å². The van der Waals surface area contributed by atoms with Gasteiger partial charge in [0.1, 0.15) is 6.04 Å². The second-order valence-corrected chi connectivity index (χ2v) is 5.80. The predicted molar refractivity (Wildman–Crippen MR) is 74.7 cm³/mol. The molecule has 0 spiro atoms. The summed E-state index contributed by atoms with van der Waals surface area (Å²) in [6.07, 6.45) is 8.47. The molecule has 0 bridgehead atoms. The zero-order valence-corrected chi connectivity index (χ0v) is 12.3. The van der Waals surface area contributed by atoms with Crippen molar-refractivity contribution in [1.29, 1.82) is 0 Å². The standard InChI is InChI=1S/C12H18IN3O/c1-10(16-9-11(13)8-14-16)12(17)15-6-4-2-3-5-7-15/h8-10H,2-7H2,1H3/t10-/m1/s1. The molecule has 1 aliphatic heterocycles. The van der Waals surface area contributed by atoms with Gasteiger partial charge < -0.3 is 4.90 Å². The number of aromatic nitrogens is 2. The molecular weight excluding hydrogens is 329 g/mol. The molecule has 94 valence electrons. The third-order valence-electron chi connectivity index (χ3n) is 3.24. The molecule has 17 heavy (non-hydrogen) atoms. The fourth-order valence-corrected chi connectivity index (χ4v) is 2.61. The lowest BCUT2D eigenvalue weighted by Gasteiger charge is -2.24. The molecule has 1 amide bonds. The Bertz CT molecular complexity index is 383. The summed E-state index contributed by atoms with van der Waals surface area (Å²) in [6.45, 7) is 3.74. The van der Waals surface area contributed by atoms with E-state index < -0.39 is 0 Å². The predicted octanol–water partition coefficient (Wildman–Crippen LogP) is 2.45. The number of rotatable bonds is 2. The lowest BCUT2D eigenvalue weighted by Crippen LogP contribution is -2.37. The Morgan fingerprint density at radius 2 is 2.00 bits per heavy atom. The Kier molecular flexibility index (Phi) is 4.42. The summed E-state index contributed by atoms with van der Waals surface area (Å²) >= 11 is 2.21. The maximum absolute atomic E-state index is 12.3. The Balaban J connectivity index is 2.03. The minimum atomic E-state index is -0.184. The summed E-state index contributed by atoms with van der Waals surface area (Å²) in [5, 5.41) is 4.22. The molecule has 1 aromatic heterocycles. The lowest BCUT2D eigenvalue weighted by atomic mass is 10.2. The second-order valence-electron chi connectivity index (χ2n) is 4.55. The normalized spacial score (nSPS) is 18.8. The maximum atomic E-state index is 12.3. The molecule has 0 radical (unpaired) electrons. The largest absolute Gasteiger partial charge is 0.341 e. The molecule has 2 rings (SSSR count). The van der Waals surface area contributed by atoms with Gasteiger partial charge in [-0.1, -0.05) is 12.8 Å². The van der Waals surface area contributed by atoms with Gasteiger partial charge in [-0.3, -0.25) is 9.48 Å². The molecular formula is C12H18IN3O. The van der Waals surface area contributed by atoms with E-state index in [9.17, 15) is 4.79 Å². The van der Waals surface area contributed by atoms with Gasteiger partial charge in [0.25, 0.3) is 0 Å². The molecule has 5 heteroatoms. The van der Waals surface area contributed by atoms with Crippen molar-refractivity contribution in [3.63, 3.8) is 0 Å². The van der Waals surface area contributed by atoms with Gasteiger partial charge >= 0.3 is 0 Å². The zero-order chi connectivity index (χ0) is 12.3. The van der Waals surface area contributed by atoms with Crippen molar-refractivity contribution in [1.82, 2.24) is 14.7 Å². The minimum absolute atomic E-state index is 0.184. The smallest absolute Gasteiger partial charge is 0.247 e. The van der Waals surface area contributed by atoms with E-state index in [1.54, 1.807) is 10.9 Å². The van der Waals surface area contributed by atoms with Gasteiger partial charge in [-0.2, -0.15) is 5.10 Å². The minimum Gasteiger partial charge on any atom is -0.341 e. The molecule has 1 atom stereocenters. The first-order chi connectivity index (χ1) is 8.18. The van der Waals surface area contributed by atoms with Crippen molar-refractivity contribution in [2.45, 2.75) is 38.6 Å². The number of hydrogen-bond donors (Lipinski definition) is 0. The van der Waals surface area contributed by atoms with Crippen LogP contribution in [0.4, 0.5) is 0 Å². The monoisotopic (exact) mass is 347 g/mol. The van der Waals surface area contributed by atoms with Gasteiger partial charge in [0.05, 0.1) is 9.77 Å². The third-order valence-corrected chi connectivity index (χ3v) is 3.80. The fourth-order valence-electron chi connectivity index (χ4n) is 2.20. The summed E-state index contributed by atoms with van der Waals surface area (Å²) in [5.74, 6) is 0.200. The summed E-state index contributed by atoms with van der Waals surface area (Å²) in [4.78, 5) is 14.3. The summed E-state index contributed by atoms with van der Waals surface area (Å²) in [7, 11) is 0. The summed E-state index contributed by atoms with van der Waals surface area (Å²) in [5.41, 5.74) is 0. The van der Waals surface area contributed by atoms with Crippen molar-refractivity contribution in [3.05, 3.63) is 16.0 Å². The number of hydrogen-bond acceptors (Lipinski definition) is 2. The number of nitrogens with zero attached hydrogens (tertiary/aromatic N) is 3. The van der Waals surface area contributed by atoms with Crippen LogP contribution in [0.25, 0.3) is 0 Å². The average molecular weight is 347 g/mol. The molecule has 2 heterocycles. The number of amides is 1. The average Bonchev–Trinajstić information content (AvgIpc) is 2.60. The van der Waals surface area contributed by atoms with Gasteiger partial charge in [0.15, 0.2) is 0 Å². The van der Waals surface area contributed by atoms with Gasteiger partial charge in [0, 0.05) is 19.3 Å².